The van der Waals surface area contributed by atoms with Crippen LogP contribution >= 0.6 is 0 Å². The summed E-state index contributed by atoms with van der Waals surface area (Å²) in [6.45, 7) is 5.78. The van der Waals surface area contributed by atoms with E-state index in [9.17, 15) is 14.4 Å². The van der Waals surface area contributed by atoms with Gasteiger partial charge in [-0.05, 0) is 26.7 Å². The predicted molar refractivity (Wildman–Crippen MR) is 99.8 cm³/mol. The van der Waals surface area contributed by atoms with E-state index in [2.05, 4.69) is 10.4 Å². The number of ether oxygens (including phenoxy) is 1. The van der Waals surface area contributed by atoms with Gasteiger partial charge in [0, 0.05) is 32.4 Å². The van der Waals surface area contributed by atoms with Crippen molar-refractivity contribution >= 4 is 23.6 Å². The Kier molecular flexibility index (Phi) is 6.18. The van der Waals surface area contributed by atoms with Crippen LogP contribution in [0.3, 0.4) is 0 Å². The lowest BCUT2D eigenvalue weighted by atomic mass is 9.99. The van der Waals surface area contributed by atoms with Crippen LogP contribution in [0.5, 0.6) is 0 Å². The number of anilines is 1. The monoisotopic (exact) mass is 393 g/mol. The predicted octanol–water partition coefficient (Wildman–Crippen LogP) is 0.847. The Balaban J connectivity index is 1.53. The molecule has 0 bridgehead atoms. The highest BCUT2D eigenvalue weighted by molar-refractivity contribution is 5.89. The number of amides is 3. The van der Waals surface area contributed by atoms with E-state index in [1.54, 1.807) is 11.1 Å². The van der Waals surface area contributed by atoms with Gasteiger partial charge in [-0.1, -0.05) is 0 Å². The smallest absolute Gasteiger partial charge is 0.321 e. The molecule has 0 aromatic carbocycles. The molecule has 0 aliphatic carbocycles. The molecular formula is C18H27N5O5. The second-order valence-corrected chi connectivity index (χ2v) is 7.54. The summed E-state index contributed by atoms with van der Waals surface area (Å²) in [6, 6.07) is -0.354. The largest absolute Gasteiger partial charge is 0.481 e. The molecule has 0 spiro atoms. The first kappa shape index (κ1) is 20.1. The van der Waals surface area contributed by atoms with Crippen LogP contribution in [0, 0.1) is 5.92 Å². The van der Waals surface area contributed by atoms with E-state index in [-0.39, 0.29) is 37.2 Å². The molecule has 2 fully saturated rings. The summed E-state index contributed by atoms with van der Waals surface area (Å²) in [4.78, 5) is 39.3. The lowest BCUT2D eigenvalue weighted by molar-refractivity contribution is -0.144. The summed E-state index contributed by atoms with van der Waals surface area (Å²) >= 11 is 0. The zero-order chi connectivity index (χ0) is 20.3. The number of piperidine rings is 1. The second-order valence-electron chi connectivity index (χ2n) is 7.54. The third-order valence-electron chi connectivity index (χ3n) is 5.01. The number of hydrogen-bond acceptors (Lipinski definition) is 5. The molecule has 28 heavy (non-hydrogen) atoms. The molecule has 2 saturated heterocycles. The molecule has 2 aliphatic heterocycles. The number of aliphatic carboxylic acids is 1. The topological polar surface area (TPSA) is 117 Å². The third-order valence-corrected chi connectivity index (χ3v) is 5.01. The van der Waals surface area contributed by atoms with Gasteiger partial charge in [0.15, 0.2) is 0 Å². The lowest BCUT2D eigenvalue weighted by Gasteiger charge is -2.35. The van der Waals surface area contributed by atoms with Crippen molar-refractivity contribution in [1.82, 2.24) is 19.6 Å². The molecule has 3 amide bonds. The maximum atomic E-state index is 12.5. The highest BCUT2D eigenvalue weighted by Gasteiger charge is 2.29. The molecule has 3 atom stereocenters. The maximum absolute atomic E-state index is 12.5. The number of rotatable bonds is 4. The molecule has 10 nitrogen and oxygen atoms in total. The van der Waals surface area contributed by atoms with Gasteiger partial charge in [-0.15, -0.1) is 0 Å². The van der Waals surface area contributed by atoms with E-state index in [0.717, 1.165) is 0 Å². The summed E-state index contributed by atoms with van der Waals surface area (Å²) < 4.78 is 7.12. The van der Waals surface area contributed by atoms with Crippen molar-refractivity contribution in [2.75, 3.05) is 31.5 Å². The van der Waals surface area contributed by atoms with Gasteiger partial charge >= 0.3 is 12.0 Å². The quantitative estimate of drug-likeness (QED) is 0.783. The molecule has 1 aromatic rings. The number of morpholine rings is 1. The maximum Gasteiger partial charge on any atom is 0.321 e. The van der Waals surface area contributed by atoms with Crippen molar-refractivity contribution in [3.63, 3.8) is 0 Å². The van der Waals surface area contributed by atoms with Crippen LogP contribution in [-0.4, -0.2) is 81.0 Å². The van der Waals surface area contributed by atoms with Gasteiger partial charge in [-0.2, -0.15) is 5.10 Å². The van der Waals surface area contributed by atoms with Gasteiger partial charge in [0.1, 0.15) is 6.54 Å². The molecule has 2 N–H and O–H groups in total. The summed E-state index contributed by atoms with van der Waals surface area (Å²) in [7, 11) is 0. The fourth-order valence-corrected chi connectivity index (χ4v) is 3.70. The van der Waals surface area contributed by atoms with Gasteiger partial charge in [0.25, 0.3) is 0 Å². The van der Waals surface area contributed by atoms with Crippen LogP contribution in [-0.2, 0) is 20.9 Å². The number of urea groups is 1. The number of nitrogens with one attached hydrogen (secondary N) is 1. The minimum Gasteiger partial charge on any atom is -0.481 e. The van der Waals surface area contributed by atoms with Gasteiger partial charge in [0.2, 0.25) is 5.91 Å². The Hall–Kier alpha value is -2.62. The van der Waals surface area contributed by atoms with Crippen molar-refractivity contribution in [1.29, 1.82) is 0 Å². The van der Waals surface area contributed by atoms with E-state index in [1.165, 1.54) is 15.8 Å². The molecule has 1 aromatic heterocycles. The number of aromatic nitrogens is 2. The number of carbonyl (C=O) groups excluding carboxylic acids is 2. The fraction of sp³-hybridized carbons (Fsp3) is 0.667. The molecule has 3 rings (SSSR count). The number of hydrogen-bond donors (Lipinski definition) is 2. The van der Waals surface area contributed by atoms with E-state index in [0.29, 0.717) is 38.2 Å². The average Bonchev–Trinajstić information content (AvgIpc) is 3.07. The molecule has 10 heteroatoms. The summed E-state index contributed by atoms with van der Waals surface area (Å²) in [5.74, 6) is -1.46. The van der Waals surface area contributed by atoms with Gasteiger partial charge in [0.05, 0.1) is 30.0 Å². The first-order valence-corrected chi connectivity index (χ1v) is 9.56. The van der Waals surface area contributed by atoms with E-state index in [4.69, 9.17) is 9.84 Å². The number of carboxylic acids is 1. The average molecular weight is 393 g/mol. The van der Waals surface area contributed by atoms with E-state index in [1.807, 2.05) is 13.8 Å². The molecule has 2 aliphatic rings. The number of carboxylic acid groups (broad SMARTS) is 1. The van der Waals surface area contributed by atoms with Crippen LogP contribution in [0.25, 0.3) is 0 Å². The summed E-state index contributed by atoms with van der Waals surface area (Å²) in [5.41, 5.74) is 0.471. The normalized spacial score (nSPS) is 25.4. The van der Waals surface area contributed by atoms with Crippen LogP contribution < -0.4 is 5.32 Å². The lowest BCUT2D eigenvalue weighted by Crippen LogP contribution is -2.49. The first-order valence-electron chi connectivity index (χ1n) is 9.56. The minimum atomic E-state index is -0.879. The van der Waals surface area contributed by atoms with E-state index < -0.39 is 11.9 Å². The molecule has 0 radical (unpaired) electrons. The van der Waals surface area contributed by atoms with Gasteiger partial charge < -0.3 is 25.0 Å². The van der Waals surface area contributed by atoms with E-state index >= 15 is 0 Å². The summed E-state index contributed by atoms with van der Waals surface area (Å²) in [5, 5.41) is 16.0. The van der Waals surface area contributed by atoms with Crippen LogP contribution in [0.4, 0.5) is 10.5 Å². The fourth-order valence-electron chi connectivity index (χ4n) is 3.70. The van der Waals surface area contributed by atoms with Crippen molar-refractivity contribution in [2.24, 2.45) is 5.92 Å². The minimum absolute atomic E-state index is 0.000609. The van der Waals surface area contributed by atoms with Crippen LogP contribution in [0.1, 0.15) is 26.7 Å². The molecule has 3 unspecified atom stereocenters. The molecule has 0 saturated carbocycles. The Morgan fingerprint density at radius 2 is 1.93 bits per heavy atom. The second kappa shape index (κ2) is 8.59. The number of carbonyl (C=O) groups is 3. The Morgan fingerprint density at radius 3 is 2.61 bits per heavy atom. The first-order chi connectivity index (χ1) is 13.3. The third kappa shape index (κ3) is 5.00. The van der Waals surface area contributed by atoms with Gasteiger partial charge in [-0.3, -0.25) is 14.3 Å². The Morgan fingerprint density at radius 1 is 1.21 bits per heavy atom. The Bertz CT molecular complexity index is 726. The molecule has 3 heterocycles. The van der Waals surface area contributed by atoms with Crippen molar-refractivity contribution in [3.05, 3.63) is 12.4 Å². The highest BCUT2D eigenvalue weighted by atomic mass is 16.5. The molecular weight excluding hydrogens is 366 g/mol. The van der Waals surface area contributed by atoms with Crippen LogP contribution in [0.15, 0.2) is 12.4 Å². The van der Waals surface area contributed by atoms with Crippen molar-refractivity contribution < 1.29 is 24.2 Å². The zero-order valence-electron chi connectivity index (χ0n) is 16.2. The standard InChI is InChI=1S/C18H27N5O5/c1-12-7-22(8-13(2)28-12)16(24)11-23-10-15(6-19-23)20-18(27)21-5-3-4-14(9-21)17(25)26/h6,10,12-14H,3-5,7-9,11H2,1-2H3,(H,20,27)(H,25,26). The van der Waals surface area contributed by atoms with Gasteiger partial charge in [-0.25, -0.2) is 4.79 Å². The van der Waals surface area contributed by atoms with Crippen molar-refractivity contribution in [3.8, 4) is 0 Å². The SMILES string of the molecule is CC1CN(C(=O)Cn2cc(NC(=O)N3CCCC(C(=O)O)C3)cn2)CC(C)O1. The number of likely N-dealkylation sites (tertiary alicyclic amines) is 1. The van der Waals surface area contributed by atoms with Crippen LogP contribution in [0.2, 0.25) is 0 Å². The van der Waals surface area contributed by atoms with Crippen molar-refractivity contribution in [2.45, 2.75) is 45.4 Å². The highest BCUT2D eigenvalue weighted by Crippen LogP contribution is 2.18. The number of nitrogens with zero attached hydrogens (tertiary/aromatic N) is 4. The summed E-state index contributed by atoms with van der Waals surface area (Å²) in [6.07, 6.45) is 4.32. The zero-order valence-corrected chi connectivity index (χ0v) is 16.2. The molecule has 154 valence electrons. The Labute approximate surface area is 163 Å².